The number of urea groups is 1. The van der Waals surface area contributed by atoms with Crippen molar-refractivity contribution in [3.8, 4) is 0 Å². The van der Waals surface area contributed by atoms with E-state index in [9.17, 15) is 14.4 Å². The number of hydrogen-bond acceptors (Lipinski definition) is 6. The molecule has 2 saturated heterocycles. The van der Waals surface area contributed by atoms with Crippen LogP contribution in [0.3, 0.4) is 0 Å². The van der Waals surface area contributed by atoms with Crippen LogP contribution in [-0.4, -0.2) is 64.0 Å². The molecule has 1 aromatic heterocycles. The van der Waals surface area contributed by atoms with E-state index in [-0.39, 0.29) is 30.8 Å². The second-order valence-electron chi connectivity index (χ2n) is 5.50. The van der Waals surface area contributed by atoms with Gasteiger partial charge in [-0.3, -0.25) is 14.5 Å². The molecule has 9 nitrogen and oxygen atoms in total. The number of nitrogens with zero attached hydrogens (tertiary/aromatic N) is 4. The summed E-state index contributed by atoms with van der Waals surface area (Å²) in [6, 6.07) is -0.514. The number of nitrogens with one attached hydrogen (secondary N) is 1. The number of likely N-dealkylation sites (tertiary alicyclic amines) is 1. The lowest BCUT2D eigenvalue weighted by Gasteiger charge is -2.31. The molecule has 1 aromatic rings. The van der Waals surface area contributed by atoms with Crippen LogP contribution in [0.2, 0.25) is 0 Å². The summed E-state index contributed by atoms with van der Waals surface area (Å²) >= 11 is 0. The Bertz CT molecular complexity index is 597. The fraction of sp³-hybridized carbons (Fsp3) is 0.615. The van der Waals surface area contributed by atoms with Gasteiger partial charge in [0, 0.05) is 13.1 Å². The highest BCUT2D eigenvalue weighted by atomic mass is 16.5. The van der Waals surface area contributed by atoms with Gasteiger partial charge >= 0.3 is 6.03 Å². The summed E-state index contributed by atoms with van der Waals surface area (Å²) in [6.07, 6.45) is 1.69. The topological polar surface area (TPSA) is 109 Å². The summed E-state index contributed by atoms with van der Waals surface area (Å²) in [5.74, 6) is 0.482. The van der Waals surface area contributed by atoms with E-state index in [0.29, 0.717) is 24.8 Å². The Morgan fingerprint density at radius 1 is 1.45 bits per heavy atom. The smallest absolute Gasteiger partial charge is 0.325 e. The third-order valence-electron chi connectivity index (χ3n) is 3.90. The fourth-order valence-electron chi connectivity index (χ4n) is 2.73. The van der Waals surface area contributed by atoms with Gasteiger partial charge in [0.2, 0.25) is 11.8 Å². The number of aryl methyl sites for hydroxylation is 1. The first-order valence-corrected chi connectivity index (χ1v) is 7.21. The van der Waals surface area contributed by atoms with Gasteiger partial charge in [0.05, 0.1) is 12.5 Å². The largest absolute Gasteiger partial charge is 0.340 e. The average Bonchev–Trinajstić information content (AvgIpc) is 3.08. The molecule has 2 fully saturated rings. The van der Waals surface area contributed by atoms with Crippen molar-refractivity contribution in [2.24, 2.45) is 0 Å². The number of piperidine rings is 1. The standard InChI is InChI=1S/C13H17N5O4/c1-8-15-12(22-16-8)9-3-2-4-17(6-9)11(20)7-18-10(19)5-14-13(18)21/h9H,2-7H2,1H3,(H,14,21)/t9-/m1/s1. The molecule has 3 rings (SSSR count). The summed E-state index contributed by atoms with van der Waals surface area (Å²) < 4.78 is 5.17. The third kappa shape index (κ3) is 2.78. The molecule has 0 radical (unpaired) electrons. The van der Waals surface area contributed by atoms with E-state index in [2.05, 4.69) is 15.5 Å². The van der Waals surface area contributed by atoms with Crippen LogP contribution >= 0.6 is 0 Å². The zero-order chi connectivity index (χ0) is 15.7. The summed E-state index contributed by atoms with van der Waals surface area (Å²) in [7, 11) is 0. The van der Waals surface area contributed by atoms with Crippen LogP contribution in [0.5, 0.6) is 0 Å². The molecule has 3 heterocycles. The van der Waals surface area contributed by atoms with Crippen molar-refractivity contribution in [1.29, 1.82) is 0 Å². The minimum atomic E-state index is -0.514. The van der Waals surface area contributed by atoms with Crippen molar-refractivity contribution in [2.75, 3.05) is 26.2 Å². The predicted octanol–water partition coefficient (Wildman–Crippen LogP) is -0.364. The third-order valence-corrected chi connectivity index (χ3v) is 3.90. The van der Waals surface area contributed by atoms with Crippen LogP contribution in [0.1, 0.15) is 30.5 Å². The lowest BCUT2D eigenvalue weighted by Crippen LogP contribution is -2.46. The van der Waals surface area contributed by atoms with Crippen LogP contribution < -0.4 is 5.32 Å². The monoisotopic (exact) mass is 307 g/mol. The first-order valence-electron chi connectivity index (χ1n) is 7.21. The zero-order valence-electron chi connectivity index (χ0n) is 12.2. The predicted molar refractivity (Wildman–Crippen MR) is 72.7 cm³/mol. The molecular weight excluding hydrogens is 290 g/mol. The zero-order valence-corrected chi connectivity index (χ0v) is 12.2. The minimum Gasteiger partial charge on any atom is -0.340 e. The van der Waals surface area contributed by atoms with E-state index in [1.54, 1.807) is 11.8 Å². The summed E-state index contributed by atoms with van der Waals surface area (Å²) in [4.78, 5) is 42.1. The Morgan fingerprint density at radius 3 is 2.91 bits per heavy atom. The Hall–Kier alpha value is -2.45. The first kappa shape index (κ1) is 14.5. The van der Waals surface area contributed by atoms with Gasteiger partial charge in [0.1, 0.15) is 6.54 Å². The number of carbonyl (C=O) groups is 3. The second kappa shape index (κ2) is 5.74. The highest BCUT2D eigenvalue weighted by molar-refractivity contribution is 6.04. The van der Waals surface area contributed by atoms with Gasteiger partial charge in [-0.25, -0.2) is 4.79 Å². The highest BCUT2D eigenvalue weighted by Gasteiger charge is 2.34. The molecule has 1 atom stereocenters. The van der Waals surface area contributed by atoms with E-state index < -0.39 is 6.03 Å². The van der Waals surface area contributed by atoms with Crippen LogP contribution in [0.15, 0.2) is 4.52 Å². The van der Waals surface area contributed by atoms with Crippen molar-refractivity contribution < 1.29 is 18.9 Å². The van der Waals surface area contributed by atoms with Crippen molar-refractivity contribution in [3.63, 3.8) is 0 Å². The van der Waals surface area contributed by atoms with Crippen molar-refractivity contribution in [3.05, 3.63) is 11.7 Å². The number of amides is 4. The number of carbonyl (C=O) groups excluding carboxylic acids is 3. The Balaban J connectivity index is 1.63. The maximum absolute atomic E-state index is 12.3. The summed E-state index contributed by atoms with van der Waals surface area (Å²) in [5.41, 5.74) is 0. The first-order chi connectivity index (χ1) is 10.5. The van der Waals surface area contributed by atoms with Crippen LogP contribution in [0.25, 0.3) is 0 Å². The van der Waals surface area contributed by atoms with E-state index >= 15 is 0 Å². The van der Waals surface area contributed by atoms with Crippen LogP contribution in [-0.2, 0) is 9.59 Å². The molecule has 0 saturated carbocycles. The lowest BCUT2D eigenvalue weighted by atomic mass is 9.98. The highest BCUT2D eigenvalue weighted by Crippen LogP contribution is 2.25. The number of rotatable bonds is 3. The maximum atomic E-state index is 12.3. The van der Waals surface area contributed by atoms with Gasteiger partial charge in [-0.15, -0.1) is 0 Å². The van der Waals surface area contributed by atoms with E-state index in [4.69, 9.17) is 4.52 Å². The molecule has 2 aliphatic rings. The van der Waals surface area contributed by atoms with Crippen LogP contribution in [0.4, 0.5) is 4.79 Å². The van der Waals surface area contributed by atoms with Gasteiger partial charge in [0.25, 0.3) is 5.91 Å². The molecule has 0 spiro atoms. The number of aromatic nitrogens is 2. The molecule has 118 valence electrons. The SMILES string of the molecule is Cc1noc([C@@H]2CCCN(C(=O)CN3C(=O)CNC3=O)C2)n1. The normalized spacial score (nSPS) is 22.1. The summed E-state index contributed by atoms with van der Waals surface area (Å²) in [6.45, 7) is 2.54. The molecular formula is C13H17N5O4. The lowest BCUT2D eigenvalue weighted by molar-refractivity contribution is -0.137. The molecule has 2 aliphatic heterocycles. The minimum absolute atomic E-state index is 0.00186. The Labute approximate surface area is 126 Å². The van der Waals surface area contributed by atoms with Gasteiger partial charge in [-0.1, -0.05) is 5.16 Å². The summed E-state index contributed by atoms with van der Waals surface area (Å²) in [5, 5.41) is 6.17. The van der Waals surface area contributed by atoms with Gasteiger partial charge in [-0.05, 0) is 19.8 Å². The molecule has 4 amide bonds. The Morgan fingerprint density at radius 2 is 2.27 bits per heavy atom. The molecule has 9 heteroatoms. The fourth-order valence-corrected chi connectivity index (χ4v) is 2.73. The van der Waals surface area contributed by atoms with Crippen molar-refractivity contribution >= 4 is 17.8 Å². The number of hydrogen-bond donors (Lipinski definition) is 1. The molecule has 0 aliphatic carbocycles. The van der Waals surface area contributed by atoms with Gasteiger partial charge in [0.15, 0.2) is 5.82 Å². The average molecular weight is 307 g/mol. The maximum Gasteiger partial charge on any atom is 0.325 e. The molecule has 0 unspecified atom stereocenters. The molecule has 22 heavy (non-hydrogen) atoms. The quantitative estimate of drug-likeness (QED) is 0.764. The molecule has 0 bridgehead atoms. The van der Waals surface area contributed by atoms with Gasteiger partial charge < -0.3 is 14.7 Å². The van der Waals surface area contributed by atoms with Crippen molar-refractivity contribution in [1.82, 2.24) is 25.3 Å². The van der Waals surface area contributed by atoms with Gasteiger partial charge in [-0.2, -0.15) is 4.98 Å². The molecule has 1 N–H and O–H groups in total. The number of imide groups is 1. The molecule has 0 aromatic carbocycles. The van der Waals surface area contributed by atoms with E-state index in [1.165, 1.54) is 0 Å². The Kier molecular flexibility index (Phi) is 3.78. The second-order valence-corrected chi connectivity index (χ2v) is 5.50. The van der Waals surface area contributed by atoms with E-state index in [0.717, 1.165) is 17.7 Å². The van der Waals surface area contributed by atoms with E-state index in [1.807, 2.05) is 0 Å². The van der Waals surface area contributed by atoms with Crippen LogP contribution in [0, 0.1) is 6.92 Å². The van der Waals surface area contributed by atoms with Crippen molar-refractivity contribution in [2.45, 2.75) is 25.7 Å².